The molecule has 0 aliphatic heterocycles. The third-order valence-electron chi connectivity index (χ3n) is 1.58. The summed E-state index contributed by atoms with van der Waals surface area (Å²) < 4.78 is 28.8. The Bertz CT molecular complexity index is 527. The van der Waals surface area contributed by atoms with Crippen LogP contribution in [0.25, 0.3) is 11.0 Å². The first kappa shape index (κ1) is 8.00. The van der Waals surface area contributed by atoms with E-state index in [-0.39, 0.29) is 5.88 Å². The third kappa shape index (κ3) is 1.59. The van der Waals surface area contributed by atoms with Crippen molar-refractivity contribution in [2.75, 3.05) is 0 Å². The van der Waals surface area contributed by atoms with Gasteiger partial charge < -0.3 is 4.42 Å². The number of hydrogen-bond donors (Lipinski definition) is 0. The second-order valence-electron chi connectivity index (χ2n) is 2.43. The standard InChI is InChI=1S/C8H5NO3S/c10-13(11)9-8-5-6-3-1-2-4-7(6)12-8/h1-5H. The fourth-order valence-electron chi connectivity index (χ4n) is 1.09. The van der Waals surface area contributed by atoms with Gasteiger partial charge in [-0.15, -0.1) is 0 Å². The average Bonchev–Trinajstić information content (AvgIpc) is 2.44. The lowest BCUT2D eigenvalue weighted by molar-refractivity contribution is 0.609. The number of benzene rings is 1. The van der Waals surface area contributed by atoms with E-state index in [0.29, 0.717) is 5.58 Å². The fourth-order valence-corrected chi connectivity index (χ4v) is 1.32. The molecule has 0 spiro atoms. The topological polar surface area (TPSA) is 59.6 Å². The number of furan rings is 1. The summed E-state index contributed by atoms with van der Waals surface area (Å²) in [5.41, 5.74) is 0.631. The molecule has 0 atom stereocenters. The minimum atomic E-state index is -2.46. The molecule has 1 aromatic carbocycles. The predicted molar refractivity (Wildman–Crippen MR) is 47.2 cm³/mol. The van der Waals surface area contributed by atoms with Crippen molar-refractivity contribution in [2.45, 2.75) is 0 Å². The van der Waals surface area contributed by atoms with Gasteiger partial charge in [-0.1, -0.05) is 22.6 Å². The normalized spacial score (nSPS) is 10.2. The van der Waals surface area contributed by atoms with Crippen molar-refractivity contribution >= 4 is 27.4 Å². The lowest BCUT2D eigenvalue weighted by Crippen LogP contribution is -1.57. The quantitative estimate of drug-likeness (QED) is 0.700. The molecule has 0 saturated carbocycles. The Labute approximate surface area is 75.5 Å². The van der Waals surface area contributed by atoms with Crippen molar-refractivity contribution < 1.29 is 12.8 Å². The highest BCUT2D eigenvalue weighted by Gasteiger charge is 2.00. The first-order valence-corrected chi connectivity index (χ1v) is 4.58. The van der Waals surface area contributed by atoms with Crippen molar-refractivity contribution in [1.29, 1.82) is 0 Å². The molecule has 2 rings (SSSR count). The van der Waals surface area contributed by atoms with Crippen LogP contribution in [-0.2, 0) is 10.5 Å². The third-order valence-corrected chi connectivity index (χ3v) is 1.91. The maximum atomic E-state index is 10.2. The molecule has 0 unspecified atom stereocenters. The summed E-state index contributed by atoms with van der Waals surface area (Å²) in [6.45, 7) is 0. The summed E-state index contributed by atoms with van der Waals surface area (Å²) in [5.74, 6) is 0.106. The molecule has 66 valence electrons. The average molecular weight is 195 g/mol. The summed E-state index contributed by atoms with van der Waals surface area (Å²) in [6.07, 6.45) is 0. The van der Waals surface area contributed by atoms with Crippen LogP contribution in [0.2, 0.25) is 0 Å². The van der Waals surface area contributed by atoms with Gasteiger partial charge in [-0.05, 0) is 6.07 Å². The second kappa shape index (κ2) is 3.02. The van der Waals surface area contributed by atoms with E-state index in [1.165, 1.54) is 0 Å². The molecule has 13 heavy (non-hydrogen) atoms. The molecule has 0 saturated heterocycles. The molecule has 5 heteroatoms. The Hall–Kier alpha value is -1.62. The SMILES string of the molecule is O=S(=O)=Nc1cc2ccccc2o1. The summed E-state index contributed by atoms with van der Waals surface area (Å²) in [4.78, 5) is 0. The predicted octanol–water partition coefficient (Wildman–Crippen LogP) is 2.13. The van der Waals surface area contributed by atoms with Crippen LogP contribution in [0.1, 0.15) is 0 Å². The van der Waals surface area contributed by atoms with Crippen LogP contribution in [0.15, 0.2) is 39.1 Å². The van der Waals surface area contributed by atoms with Crippen LogP contribution < -0.4 is 0 Å². The Balaban J connectivity index is 2.69. The van der Waals surface area contributed by atoms with Gasteiger partial charge in [0.1, 0.15) is 5.58 Å². The number of rotatable bonds is 1. The van der Waals surface area contributed by atoms with Gasteiger partial charge >= 0.3 is 10.5 Å². The van der Waals surface area contributed by atoms with Gasteiger partial charge in [0.05, 0.1) is 0 Å². The first-order valence-electron chi connectivity index (χ1n) is 3.55. The Morgan fingerprint density at radius 2 is 2.00 bits per heavy atom. The zero-order chi connectivity index (χ0) is 9.26. The molecule has 0 N–H and O–H groups in total. The number of fused-ring (bicyclic) bond motifs is 1. The van der Waals surface area contributed by atoms with E-state index >= 15 is 0 Å². The van der Waals surface area contributed by atoms with Crippen molar-refractivity contribution in [3.8, 4) is 0 Å². The van der Waals surface area contributed by atoms with Crippen molar-refractivity contribution in [1.82, 2.24) is 0 Å². The first-order chi connectivity index (χ1) is 6.25. The van der Waals surface area contributed by atoms with E-state index in [9.17, 15) is 8.42 Å². The maximum Gasteiger partial charge on any atom is 0.319 e. The fraction of sp³-hybridized carbons (Fsp3) is 0. The molecule has 2 aromatic rings. The molecule has 0 radical (unpaired) electrons. The summed E-state index contributed by atoms with van der Waals surface area (Å²) in [7, 11) is -2.46. The van der Waals surface area contributed by atoms with E-state index in [4.69, 9.17) is 4.42 Å². The second-order valence-corrected chi connectivity index (χ2v) is 3.05. The highest BCUT2D eigenvalue weighted by atomic mass is 32.2. The number of nitrogens with zero attached hydrogens (tertiary/aromatic N) is 1. The Morgan fingerprint density at radius 1 is 1.23 bits per heavy atom. The lowest BCUT2D eigenvalue weighted by Gasteiger charge is -1.81. The van der Waals surface area contributed by atoms with Crippen LogP contribution in [-0.4, -0.2) is 8.42 Å². The zero-order valence-corrected chi connectivity index (χ0v) is 7.28. The molecule has 0 aliphatic rings. The molecule has 1 aromatic heterocycles. The smallest absolute Gasteiger partial charge is 0.319 e. The van der Waals surface area contributed by atoms with Crippen LogP contribution in [0.5, 0.6) is 0 Å². The summed E-state index contributed by atoms with van der Waals surface area (Å²) >= 11 is 0. The van der Waals surface area contributed by atoms with Gasteiger partial charge in [0.25, 0.3) is 0 Å². The van der Waals surface area contributed by atoms with Crippen LogP contribution in [0.4, 0.5) is 5.88 Å². The van der Waals surface area contributed by atoms with Gasteiger partial charge in [0, 0.05) is 11.5 Å². The van der Waals surface area contributed by atoms with Gasteiger partial charge in [-0.25, -0.2) is 0 Å². The van der Waals surface area contributed by atoms with E-state index < -0.39 is 10.5 Å². The maximum absolute atomic E-state index is 10.2. The molecule has 0 fully saturated rings. The van der Waals surface area contributed by atoms with Gasteiger partial charge in [-0.3, -0.25) is 0 Å². The monoisotopic (exact) mass is 195 g/mol. The van der Waals surface area contributed by atoms with Gasteiger partial charge in [-0.2, -0.15) is 8.42 Å². The molecule has 4 nitrogen and oxygen atoms in total. The largest absolute Gasteiger partial charge is 0.437 e. The van der Waals surface area contributed by atoms with E-state index in [1.54, 1.807) is 12.1 Å². The highest BCUT2D eigenvalue weighted by molar-refractivity contribution is 7.61. The lowest BCUT2D eigenvalue weighted by atomic mass is 10.3. The van der Waals surface area contributed by atoms with Crippen molar-refractivity contribution in [3.63, 3.8) is 0 Å². The molecule has 0 bridgehead atoms. The van der Waals surface area contributed by atoms with Crippen LogP contribution in [0.3, 0.4) is 0 Å². The minimum absolute atomic E-state index is 0.106. The van der Waals surface area contributed by atoms with Crippen LogP contribution >= 0.6 is 0 Å². The molecule has 0 aliphatic carbocycles. The molecule has 1 heterocycles. The molecule has 0 amide bonds. The number of hydrogen-bond acceptors (Lipinski definition) is 4. The zero-order valence-electron chi connectivity index (χ0n) is 6.47. The van der Waals surface area contributed by atoms with Crippen molar-refractivity contribution in [3.05, 3.63) is 30.3 Å². The Kier molecular flexibility index (Phi) is 1.86. The highest BCUT2D eigenvalue weighted by Crippen LogP contribution is 2.24. The van der Waals surface area contributed by atoms with Gasteiger partial charge in [0.15, 0.2) is 0 Å². The van der Waals surface area contributed by atoms with E-state index in [2.05, 4.69) is 4.36 Å². The Morgan fingerprint density at radius 3 is 2.69 bits per heavy atom. The molecular weight excluding hydrogens is 190 g/mol. The van der Waals surface area contributed by atoms with Gasteiger partial charge in [0.2, 0.25) is 5.88 Å². The molecular formula is C8H5NO3S. The minimum Gasteiger partial charge on any atom is -0.437 e. The van der Waals surface area contributed by atoms with Crippen LogP contribution in [0, 0.1) is 0 Å². The van der Waals surface area contributed by atoms with E-state index in [0.717, 1.165) is 5.39 Å². The number of para-hydroxylation sites is 1. The summed E-state index contributed by atoms with van der Waals surface area (Å²) in [6, 6.07) is 8.80. The summed E-state index contributed by atoms with van der Waals surface area (Å²) in [5, 5.41) is 0.840. The van der Waals surface area contributed by atoms with Crippen molar-refractivity contribution in [2.24, 2.45) is 4.36 Å². The van der Waals surface area contributed by atoms with E-state index in [1.807, 2.05) is 18.2 Å².